The zero-order valence-electron chi connectivity index (χ0n) is 13.2. The van der Waals surface area contributed by atoms with Gasteiger partial charge in [-0.1, -0.05) is 48.0 Å². The van der Waals surface area contributed by atoms with Gasteiger partial charge in [0.15, 0.2) is 12.1 Å². The molecule has 0 amide bonds. The molecule has 0 radical (unpaired) electrons. The Hall–Kier alpha value is -1.72. The van der Waals surface area contributed by atoms with Gasteiger partial charge in [0.05, 0.1) is 32.3 Å². The van der Waals surface area contributed by atoms with Gasteiger partial charge in [-0.05, 0) is 23.3 Å². The van der Waals surface area contributed by atoms with Gasteiger partial charge >= 0.3 is 0 Å². The molecular formula is C19H18ClNO3. The Bertz CT molecular complexity index is 715. The van der Waals surface area contributed by atoms with Crippen LogP contribution in [0.5, 0.6) is 0 Å². The van der Waals surface area contributed by atoms with E-state index in [9.17, 15) is 4.79 Å². The van der Waals surface area contributed by atoms with Crippen LogP contribution >= 0.6 is 11.6 Å². The Balaban J connectivity index is 1.62. The molecule has 2 aliphatic heterocycles. The van der Waals surface area contributed by atoms with Crippen LogP contribution in [0.25, 0.3) is 0 Å². The molecule has 1 unspecified atom stereocenters. The quantitative estimate of drug-likeness (QED) is 0.853. The summed E-state index contributed by atoms with van der Waals surface area (Å²) in [5, 5.41) is 0.711. The minimum Gasteiger partial charge on any atom is -0.346 e. The van der Waals surface area contributed by atoms with Gasteiger partial charge in [-0.3, -0.25) is 9.69 Å². The van der Waals surface area contributed by atoms with Crippen LogP contribution in [0.15, 0.2) is 48.5 Å². The number of nitrogens with zero attached hydrogens (tertiary/aromatic N) is 1. The monoisotopic (exact) mass is 343 g/mol. The molecule has 0 aliphatic carbocycles. The average molecular weight is 344 g/mol. The highest BCUT2D eigenvalue weighted by atomic mass is 35.5. The van der Waals surface area contributed by atoms with Crippen LogP contribution in [0.3, 0.4) is 0 Å². The molecule has 1 atom stereocenters. The fourth-order valence-corrected chi connectivity index (χ4v) is 3.36. The first-order valence-corrected chi connectivity index (χ1v) is 8.43. The Labute approximate surface area is 145 Å². The molecule has 0 N–H and O–H groups in total. The first kappa shape index (κ1) is 15.8. The minimum atomic E-state index is -0.265. The highest BCUT2D eigenvalue weighted by Crippen LogP contribution is 2.33. The van der Waals surface area contributed by atoms with E-state index in [1.165, 1.54) is 0 Å². The second-order valence-electron chi connectivity index (χ2n) is 6.14. The van der Waals surface area contributed by atoms with Gasteiger partial charge in [-0.25, -0.2) is 0 Å². The van der Waals surface area contributed by atoms with Crippen LogP contribution in [0.1, 0.15) is 29.0 Å². The summed E-state index contributed by atoms with van der Waals surface area (Å²) >= 11 is 6.01. The summed E-state index contributed by atoms with van der Waals surface area (Å²) in [6, 6.07) is 16.1. The molecular weight excluding hydrogens is 326 g/mol. The molecule has 4 rings (SSSR count). The van der Waals surface area contributed by atoms with E-state index in [4.69, 9.17) is 21.1 Å². The van der Waals surface area contributed by atoms with Crippen molar-refractivity contribution in [1.82, 2.24) is 4.90 Å². The summed E-state index contributed by atoms with van der Waals surface area (Å²) in [4.78, 5) is 13.6. The summed E-state index contributed by atoms with van der Waals surface area (Å²) in [7, 11) is 0. The minimum absolute atomic E-state index is 0.0550. The van der Waals surface area contributed by atoms with Gasteiger partial charge in [-0.2, -0.15) is 0 Å². The van der Waals surface area contributed by atoms with Crippen LogP contribution in [-0.2, 0) is 14.3 Å². The lowest BCUT2D eigenvalue weighted by atomic mass is 9.93. The first-order valence-electron chi connectivity index (χ1n) is 8.05. The number of hydrogen-bond acceptors (Lipinski definition) is 4. The van der Waals surface area contributed by atoms with E-state index in [1.807, 2.05) is 36.4 Å². The van der Waals surface area contributed by atoms with E-state index >= 15 is 0 Å². The number of Topliss-reactive ketones (excluding diaryl/α,β-unsaturated/α-hetero) is 1. The number of carbonyl (C=O) groups excluding carboxylic acids is 1. The molecule has 4 nitrogen and oxygen atoms in total. The predicted molar refractivity (Wildman–Crippen MR) is 91.0 cm³/mol. The molecule has 2 aliphatic rings. The van der Waals surface area contributed by atoms with Gasteiger partial charge in [0.1, 0.15) is 0 Å². The van der Waals surface area contributed by atoms with Crippen LogP contribution in [0, 0.1) is 0 Å². The third kappa shape index (κ3) is 3.10. The molecule has 24 heavy (non-hydrogen) atoms. The van der Waals surface area contributed by atoms with Crippen molar-refractivity contribution in [1.29, 1.82) is 0 Å². The maximum atomic E-state index is 11.5. The standard InChI is InChI=1S/C19H18ClNO3/c20-16-7-5-14(6-8-16)18(21-11-17(22)12-21)13-1-3-15(4-2-13)19-23-9-10-24-19/h1-8,18-19H,9-12H2. The SMILES string of the molecule is O=C1CN(C(c2ccc(Cl)cc2)c2ccc(C3OCCO3)cc2)C1. The van der Waals surface area contributed by atoms with E-state index in [0.717, 1.165) is 16.7 Å². The summed E-state index contributed by atoms with van der Waals surface area (Å²) in [6.07, 6.45) is -0.265. The lowest BCUT2D eigenvalue weighted by molar-refractivity contribution is -0.130. The first-order chi connectivity index (χ1) is 11.7. The highest BCUT2D eigenvalue weighted by Gasteiger charge is 2.32. The smallest absolute Gasteiger partial charge is 0.184 e. The third-order valence-corrected chi connectivity index (χ3v) is 4.71. The van der Waals surface area contributed by atoms with E-state index in [0.29, 0.717) is 31.3 Å². The van der Waals surface area contributed by atoms with Crippen molar-refractivity contribution >= 4 is 17.4 Å². The summed E-state index contributed by atoms with van der Waals surface area (Å²) < 4.78 is 11.1. The van der Waals surface area contributed by atoms with Crippen molar-refractivity contribution in [3.8, 4) is 0 Å². The molecule has 2 heterocycles. The zero-order valence-corrected chi connectivity index (χ0v) is 13.9. The van der Waals surface area contributed by atoms with Gasteiger partial charge in [0, 0.05) is 10.6 Å². The average Bonchev–Trinajstić information content (AvgIpc) is 3.10. The van der Waals surface area contributed by atoms with Crippen LogP contribution in [0.2, 0.25) is 5.02 Å². The number of carbonyl (C=O) groups is 1. The number of rotatable bonds is 4. The molecule has 2 fully saturated rings. The van der Waals surface area contributed by atoms with E-state index in [1.54, 1.807) is 0 Å². The Morgan fingerprint density at radius 3 is 2.00 bits per heavy atom. The molecule has 2 aromatic rings. The number of benzene rings is 2. The maximum Gasteiger partial charge on any atom is 0.184 e. The zero-order chi connectivity index (χ0) is 16.5. The molecule has 0 aromatic heterocycles. The van der Waals surface area contributed by atoms with Gasteiger partial charge in [0.25, 0.3) is 0 Å². The highest BCUT2D eigenvalue weighted by molar-refractivity contribution is 6.30. The third-order valence-electron chi connectivity index (χ3n) is 4.46. The molecule has 0 spiro atoms. The van der Waals surface area contributed by atoms with Crippen LogP contribution in [0.4, 0.5) is 0 Å². The maximum absolute atomic E-state index is 11.5. The lowest BCUT2D eigenvalue weighted by Crippen LogP contribution is -2.49. The van der Waals surface area contributed by atoms with Crippen molar-refractivity contribution < 1.29 is 14.3 Å². The van der Waals surface area contributed by atoms with Crippen molar-refractivity contribution in [3.63, 3.8) is 0 Å². The number of ether oxygens (including phenoxy) is 2. The fraction of sp³-hybridized carbons (Fsp3) is 0.316. The van der Waals surface area contributed by atoms with Crippen molar-refractivity contribution in [2.24, 2.45) is 0 Å². The molecule has 124 valence electrons. The second kappa shape index (κ2) is 6.65. The van der Waals surface area contributed by atoms with E-state index in [2.05, 4.69) is 17.0 Å². The number of hydrogen-bond donors (Lipinski definition) is 0. The molecule has 2 aromatic carbocycles. The number of halogens is 1. The second-order valence-corrected chi connectivity index (χ2v) is 6.57. The molecule has 0 saturated carbocycles. The van der Waals surface area contributed by atoms with Crippen molar-refractivity contribution in [2.45, 2.75) is 12.3 Å². The normalized spacial score (nSPS) is 20.1. The Kier molecular flexibility index (Phi) is 4.37. The van der Waals surface area contributed by atoms with Crippen LogP contribution in [-0.4, -0.2) is 37.0 Å². The molecule has 2 saturated heterocycles. The van der Waals surface area contributed by atoms with Gasteiger partial charge < -0.3 is 9.47 Å². The van der Waals surface area contributed by atoms with Crippen molar-refractivity contribution in [2.75, 3.05) is 26.3 Å². The predicted octanol–water partition coefficient (Wildman–Crippen LogP) is 3.36. The Morgan fingerprint density at radius 1 is 0.917 bits per heavy atom. The fourth-order valence-electron chi connectivity index (χ4n) is 3.23. The number of ketones is 1. The number of likely N-dealkylation sites (tertiary alicyclic amines) is 1. The summed E-state index contributed by atoms with van der Waals surface area (Å²) in [6.45, 7) is 2.25. The topological polar surface area (TPSA) is 38.8 Å². The van der Waals surface area contributed by atoms with Gasteiger partial charge in [0.2, 0.25) is 0 Å². The lowest BCUT2D eigenvalue weighted by Gasteiger charge is -2.37. The molecule has 5 heteroatoms. The largest absolute Gasteiger partial charge is 0.346 e. The van der Waals surface area contributed by atoms with E-state index < -0.39 is 0 Å². The van der Waals surface area contributed by atoms with Crippen LogP contribution < -0.4 is 0 Å². The van der Waals surface area contributed by atoms with Gasteiger partial charge in [-0.15, -0.1) is 0 Å². The summed E-state index contributed by atoms with van der Waals surface area (Å²) in [5.41, 5.74) is 3.30. The summed E-state index contributed by atoms with van der Waals surface area (Å²) in [5.74, 6) is 0.276. The molecule has 0 bridgehead atoms. The Morgan fingerprint density at radius 2 is 1.46 bits per heavy atom. The van der Waals surface area contributed by atoms with E-state index in [-0.39, 0.29) is 18.1 Å². The van der Waals surface area contributed by atoms with Crippen molar-refractivity contribution in [3.05, 3.63) is 70.2 Å².